The Hall–Kier alpha value is -0.910. The van der Waals surface area contributed by atoms with Crippen LogP contribution >= 0.6 is 0 Å². The molecule has 0 unspecified atom stereocenters. The highest BCUT2D eigenvalue weighted by Gasteiger charge is 2.29. The first-order chi connectivity index (χ1) is 9.57. The molecule has 20 heavy (non-hydrogen) atoms. The van der Waals surface area contributed by atoms with Gasteiger partial charge in [0, 0.05) is 19.1 Å². The van der Waals surface area contributed by atoms with Gasteiger partial charge in [-0.05, 0) is 61.8 Å². The summed E-state index contributed by atoms with van der Waals surface area (Å²) in [6.45, 7) is 1.03. The SMILES string of the molecule is N[C@@H]1CCCN(S(=O)(=O)c2ccc3c(c2)CCCC3)C1. The number of fused-ring (bicyclic) bond motifs is 1. The molecule has 0 bridgehead atoms. The van der Waals surface area contributed by atoms with Gasteiger partial charge < -0.3 is 5.73 Å². The second kappa shape index (κ2) is 5.47. The molecule has 1 aromatic rings. The highest BCUT2D eigenvalue weighted by molar-refractivity contribution is 7.89. The van der Waals surface area contributed by atoms with Crippen LogP contribution in [0, 0.1) is 0 Å². The fraction of sp³-hybridized carbons (Fsp3) is 0.600. The van der Waals surface area contributed by atoms with E-state index in [0.29, 0.717) is 18.0 Å². The summed E-state index contributed by atoms with van der Waals surface area (Å²) >= 11 is 0. The number of piperidine rings is 1. The van der Waals surface area contributed by atoms with Crippen LogP contribution in [0.25, 0.3) is 0 Å². The van der Waals surface area contributed by atoms with Gasteiger partial charge in [0.05, 0.1) is 4.90 Å². The molecule has 1 aliphatic heterocycles. The predicted octanol–water partition coefficient (Wildman–Crippen LogP) is 1.68. The zero-order valence-corrected chi connectivity index (χ0v) is 12.5. The summed E-state index contributed by atoms with van der Waals surface area (Å²) in [5.74, 6) is 0. The average molecular weight is 294 g/mol. The van der Waals surface area contributed by atoms with Crippen LogP contribution in [0.4, 0.5) is 0 Å². The smallest absolute Gasteiger partial charge is 0.243 e. The van der Waals surface area contributed by atoms with Crippen molar-refractivity contribution in [3.05, 3.63) is 29.3 Å². The van der Waals surface area contributed by atoms with Gasteiger partial charge in [-0.15, -0.1) is 0 Å². The van der Waals surface area contributed by atoms with Crippen LogP contribution in [-0.4, -0.2) is 31.9 Å². The van der Waals surface area contributed by atoms with E-state index in [1.54, 1.807) is 10.4 Å². The van der Waals surface area contributed by atoms with Gasteiger partial charge in [0.1, 0.15) is 0 Å². The Morgan fingerprint density at radius 3 is 2.60 bits per heavy atom. The predicted molar refractivity (Wildman–Crippen MR) is 79.1 cm³/mol. The number of sulfonamides is 1. The van der Waals surface area contributed by atoms with Crippen LogP contribution in [0.2, 0.25) is 0 Å². The molecule has 0 amide bonds. The van der Waals surface area contributed by atoms with Crippen LogP contribution in [0.15, 0.2) is 23.1 Å². The number of nitrogens with zero attached hydrogens (tertiary/aromatic N) is 1. The number of nitrogens with two attached hydrogens (primary N) is 1. The van der Waals surface area contributed by atoms with Gasteiger partial charge in [0.2, 0.25) is 10.0 Å². The fourth-order valence-electron chi connectivity index (χ4n) is 3.21. The van der Waals surface area contributed by atoms with Crippen molar-refractivity contribution in [1.82, 2.24) is 4.31 Å². The molecule has 1 saturated heterocycles. The summed E-state index contributed by atoms with van der Waals surface area (Å²) < 4.78 is 26.9. The number of hydrogen-bond donors (Lipinski definition) is 1. The standard InChI is InChI=1S/C15H22N2O2S/c16-14-6-3-9-17(11-14)20(18,19)15-8-7-12-4-1-2-5-13(12)10-15/h7-8,10,14H,1-6,9,11,16H2/t14-/m1/s1. The topological polar surface area (TPSA) is 63.4 Å². The first kappa shape index (κ1) is 14.0. The van der Waals surface area contributed by atoms with Gasteiger partial charge in [0.15, 0.2) is 0 Å². The third kappa shape index (κ3) is 2.62. The van der Waals surface area contributed by atoms with Gasteiger partial charge in [-0.3, -0.25) is 0 Å². The van der Waals surface area contributed by atoms with Gasteiger partial charge in [-0.2, -0.15) is 4.31 Å². The molecule has 1 heterocycles. The van der Waals surface area contributed by atoms with Crippen LogP contribution in [-0.2, 0) is 22.9 Å². The van der Waals surface area contributed by atoms with Gasteiger partial charge in [-0.1, -0.05) is 6.07 Å². The summed E-state index contributed by atoms with van der Waals surface area (Å²) in [5.41, 5.74) is 8.42. The lowest BCUT2D eigenvalue weighted by Gasteiger charge is -2.30. The van der Waals surface area contributed by atoms with E-state index in [1.165, 1.54) is 17.5 Å². The molecule has 1 aromatic carbocycles. The number of benzene rings is 1. The maximum absolute atomic E-state index is 12.7. The van der Waals surface area contributed by atoms with E-state index in [9.17, 15) is 8.42 Å². The maximum Gasteiger partial charge on any atom is 0.243 e. The van der Waals surface area contributed by atoms with Crippen molar-refractivity contribution in [2.75, 3.05) is 13.1 Å². The first-order valence-electron chi connectivity index (χ1n) is 7.45. The molecule has 1 aliphatic carbocycles. The van der Waals surface area contributed by atoms with Gasteiger partial charge in [-0.25, -0.2) is 8.42 Å². The first-order valence-corrected chi connectivity index (χ1v) is 8.89. The van der Waals surface area contributed by atoms with Crippen LogP contribution < -0.4 is 5.73 Å². The van der Waals surface area contributed by atoms with Crippen LogP contribution in [0.3, 0.4) is 0 Å². The second-order valence-electron chi connectivity index (χ2n) is 5.90. The molecule has 1 atom stereocenters. The Labute approximate surface area is 121 Å². The highest BCUT2D eigenvalue weighted by Crippen LogP contribution is 2.26. The molecule has 110 valence electrons. The van der Waals surface area contributed by atoms with Crippen molar-refractivity contribution < 1.29 is 8.42 Å². The van der Waals surface area contributed by atoms with Crippen molar-refractivity contribution in [3.63, 3.8) is 0 Å². The third-order valence-corrected chi connectivity index (χ3v) is 6.24. The van der Waals surface area contributed by atoms with E-state index in [2.05, 4.69) is 0 Å². The van der Waals surface area contributed by atoms with E-state index in [1.807, 2.05) is 12.1 Å². The zero-order valence-electron chi connectivity index (χ0n) is 11.7. The molecule has 0 radical (unpaired) electrons. The molecule has 3 rings (SSSR count). The van der Waals surface area contributed by atoms with Crippen molar-refractivity contribution in [3.8, 4) is 0 Å². The minimum absolute atomic E-state index is 0.0313. The molecular formula is C15H22N2O2S. The van der Waals surface area contributed by atoms with Crippen molar-refractivity contribution >= 4 is 10.0 Å². The molecule has 0 saturated carbocycles. The van der Waals surface area contributed by atoms with Gasteiger partial charge in [0.25, 0.3) is 0 Å². The molecule has 0 aromatic heterocycles. The Balaban J connectivity index is 1.90. The monoisotopic (exact) mass is 294 g/mol. The fourth-order valence-corrected chi connectivity index (χ4v) is 4.80. The Bertz CT molecular complexity index is 598. The number of rotatable bonds is 2. The van der Waals surface area contributed by atoms with Crippen LogP contribution in [0.5, 0.6) is 0 Å². The lowest BCUT2D eigenvalue weighted by molar-refractivity contribution is 0.316. The summed E-state index contributed by atoms with van der Waals surface area (Å²) in [4.78, 5) is 0.437. The van der Waals surface area contributed by atoms with E-state index < -0.39 is 10.0 Å². The van der Waals surface area contributed by atoms with Crippen molar-refractivity contribution in [1.29, 1.82) is 0 Å². The zero-order chi connectivity index (χ0) is 14.2. The van der Waals surface area contributed by atoms with E-state index in [0.717, 1.165) is 32.1 Å². The Morgan fingerprint density at radius 1 is 1.10 bits per heavy atom. The summed E-state index contributed by atoms with van der Waals surface area (Å²) in [6.07, 6.45) is 6.20. The molecule has 1 fully saturated rings. The molecular weight excluding hydrogens is 272 g/mol. The Morgan fingerprint density at radius 2 is 1.85 bits per heavy atom. The van der Waals surface area contributed by atoms with E-state index in [-0.39, 0.29) is 6.04 Å². The largest absolute Gasteiger partial charge is 0.327 e. The Kier molecular flexibility index (Phi) is 3.84. The second-order valence-corrected chi connectivity index (χ2v) is 7.84. The van der Waals surface area contributed by atoms with E-state index in [4.69, 9.17) is 5.73 Å². The summed E-state index contributed by atoms with van der Waals surface area (Å²) in [7, 11) is -3.38. The van der Waals surface area contributed by atoms with Crippen LogP contribution in [0.1, 0.15) is 36.8 Å². The lowest BCUT2D eigenvalue weighted by atomic mass is 9.92. The van der Waals surface area contributed by atoms with Gasteiger partial charge >= 0.3 is 0 Å². The van der Waals surface area contributed by atoms with Crippen molar-refractivity contribution in [2.24, 2.45) is 5.73 Å². The average Bonchev–Trinajstić information content (AvgIpc) is 2.46. The highest BCUT2D eigenvalue weighted by atomic mass is 32.2. The molecule has 0 spiro atoms. The maximum atomic E-state index is 12.7. The molecule has 2 aliphatic rings. The molecule has 4 nitrogen and oxygen atoms in total. The number of hydrogen-bond acceptors (Lipinski definition) is 3. The molecule has 5 heteroatoms. The lowest BCUT2D eigenvalue weighted by Crippen LogP contribution is -2.45. The normalized spacial score (nSPS) is 24.4. The minimum Gasteiger partial charge on any atom is -0.327 e. The summed E-state index contributed by atoms with van der Waals surface area (Å²) in [6, 6.07) is 5.60. The minimum atomic E-state index is -3.38. The third-order valence-electron chi connectivity index (χ3n) is 4.38. The summed E-state index contributed by atoms with van der Waals surface area (Å²) in [5, 5.41) is 0. The quantitative estimate of drug-likeness (QED) is 0.902. The molecule has 2 N–H and O–H groups in total. The number of aryl methyl sites for hydroxylation is 2. The van der Waals surface area contributed by atoms with Crippen molar-refractivity contribution in [2.45, 2.75) is 49.5 Å². The van der Waals surface area contributed by atoms with E-state index >= 15 is 0 Å².